The van der Waals surface area contributed by atoms with Crippen molar-refractivity contribution in [1.82, 2.24) is 10.6 Å². The lowest BCUT2D eigenvalue weighted by atomic mass is 9.96. The number of carbonyl (C=O) groups excluding carboxylic acids is 5. The summed E-state index contributed by atoms with van der Waals surface area (Å²) in [5, 5.41) is 27.2. The number of aliphatic hydroxyl groups excluding tert-OH is 2. The SMILES string of the molecule is CCCCCCCCCCCCCC(=O)N[C@H]1[C@@H](OC(CC(=O)OCc2ccccc2)CC(=O)OCc2ccccc2)O[C@H](CO)[C@@H](O)[C@@H]1OC(=O)CNC(=O)CCCCCCCCCCC. The largest absolute Gasteiger partial charge is 0.461 e. The molecule has 2 aromatic carbocycles. The molecule has 1 fully saturated rings. The lowest BCUT2D eigenvalue weighted by molar-refractivity contribution is -0.285. The van der Waals surface area contributed by atoms with Crippen molar-refractivity contribution in [3.63, 3.8) is 0 Å². The Kier molecular flexibility index (Phi) is 30.4. The van der Waals surface area contributed by atoms with Gasteiger partial charge in [-0.2, -0.15) is 0 Å². The van der Waals surface area contributed by atoms with E-state index in [0.29, 0.717) is 12.8 Å². The zero-order valence-electron chi connectivity index (χ0n) is 40.5. The molecule has 0 aromatic heterocycles. The number of hydrogen-bond donors (Lipinski definition) is 4. The quantitative estimate of drug-likeness (QED) is 0.0286. The molecule has 1 heterocycles. The molecule has 1 aliphatic rings. The van der Waals surface area contributed by atoms with E-state index in [1.165, 1.54) is 70.6 Å². The van der Waals surface area contributed by atoms with E-state index in [1.807, 2.05) is 36.4 Å². The number of unbranched alkanes of at least 4 members (excludes halogenated alkanes) is 18. The molecule has 0 spiro atoms. The van der Waals surface area contributed by atoms with Crippen LogP contribution in [0.3, 0.4) is 0 Å². The second-order valence-corrected chi connectivity index (χ2v) is 17.9. The Morgan fingerprint density at radius 2 is 1.03 bits per heavy atom. The van der Waals surface area contributed by atoms with Crippen molar-refractivity contribution in [2.75, 3.05) is 13.2 Å². The fourth-order valence-corrected chi connectivity index (χ4v) is 8.06. The minimum absolute atomic E-state index is 0.0327. The van der Waals surface area contributed by atoms with Gasteiger partial charge in [-0.05, 0) is 24.0 Å². The smallest absolute Gasteiger partial charge is 0.325 e. The van der Waals surface area contributed by atoms with Crippen molar-refractivity contribution in [3.8, 4) is 0 Å². The maximum atomic E-state index is 13.6. The van der Waals surface area contributed by atoms with Gasteiger partial charge < -0.3 is 44.5 Å². The Morgan fingerprint density at radius 1 is 0.597 bits per heavy atom. The van der Waals surface area contributed by atoms with Crippen LogP contribution in [0, 0.1) is 0 Å². The van der Waals surface area contributed by atoms with E-state index in [-0.39, 0.29) is 32.0 Å². The van der Waals surface area contributed by atoms with Crippen LogP contribution in [0.1, 0.15) is 179 Å². The Bertz CT molecular complexity index is 1590. The molecule has 0 saturated carbocycles. The third kappa shape index (κ3) is 25.5. The van der Waals surface area contributed by atoms with Crippen LogP contribution in [0.5, 0.6) is 0 Å². The van der Waals surface area contributed by atoms with Crippen molar-refractivity contribution in [1.29, 1.82) is 0 Å². The van der Waals surface area contributed by atoms with Crippen LogP contribution >= 0.6 is 0 Å². The summed E-state index contributed by atoms with van der Waals surface area (Å²) in [7, 11) is 0. The normalized spacial score (nSPS) is 18.0. The molecule has 14 nitrogen and oxygen atoms in total. The second-order valence-electron chi connectivity index (χ2n) is 17.9. The molecule has 3 rings (SSSR count). The highest BCUT2D eigenvalue weighted by Crippen LogP contribution is 2.28. The standard InChI is InChI=1S/C53H82N2O12/c1-3-5-7-9-11-13-14-16-18-20-28-34-46(58)55-50-52(67-49(61)37-54-45(57)33-27-19-17-15-12-10-8-6-4-2)51(62)44(38-56)66-53(50)65-43(35-47(59)63-39-41-29-23-21-24-30-41)36-48(60)64-40-42-31-25-22-26-32-42/h21-26,29-32,43-44,50-53,56,62H,3-20,27-28,33-40H2,1-2H3,(H,54,57)(H,55,58)/t44-,50-,51-,52-,53+/m1/s1. The number of carbonyl (C=O) groups is 5. The van der Waals surface area contributed by atoms with Crippen molar-refractivity contribution in [3.05, 3.63) is 71.8 Å². The maximum Gasteiger partial charge on any atom is 0.325 e. The Labute approximate surface area is 400 Å². The third-order valence-electron chi connectivity index (χ3n) is 12.0. The second kappa shape index (κ2) is 35.7. The minimum Gasteiger partial charge on any atom is -0.461 e. The molecule has 0 bridgehead atoms. The van der Waals surface area contributed by atoms with Crippen LogP contribution in [-0.4, -0.2) is 89.8 Å². The fourth-order valence-electron chi connectivity index (χ4n) is 8.06. The molecule has 2 aromatic rings. The number of benzene rings is 2. The highest BCUT2D eigenvalue weighted by molar-refractivity contribution is 5.82. The number of aliphatic hydroxyl groups is 2. The number of esters is 3. The molecular formula is C53H82N2O12. The number of nitrogens with one attached hydrogen (secondary N) is 2. The van der Waals surface area contributed by atoms with Crippen molar-refractivity contribution in [2.45, 2.75) is 218 Å². The van der Waals surface area contributed by atoms with E-state index in [9.17, 15) is 34.2 Å². The van der Waals surface area contributed by atoms with Crippen molar-refractivity contribution >= 4 is 29.7 Å². The van der Waals surface area contributed by atoms with Gasteiger partial charge in [-0.25, -0.2) is 0 Å². The zero-order valence-corrected chi connectivity index (χ0v) is 40.5. The first kappa shape index (κ1) is 57.0. The van der Waals surface area contributed by atoms with Gasteiger partial charge in [0.2, 0.25) is 11.8 Å². The van der Waals surface area contributed by atoms with E-state index in [2.05, 4.69) is 24.5 Å². The van der Waals surface area contributed by atoms with Crippen molar-refractivity contribution in [2.24, 2.45) is 0 Å². The summed E-state index contributed by atoms with van der Waals surface area (Å²) < 4.78 is 29.2. The predicted octanol–water partition coefficient (Wildman–Crippen LogP) is 8.85. The van der Waals surface area contributed by atoms with E-state index in [1.54, 1.807) is 24.3 Å². The van der Waals surface area contributed by atoms with E-state index in [4.69, 9.17) is 23.7 Å². The molecule has 1 aliphatic heterocycles. The summed E-state index contributed by atoms with van der Waals surface area (Å²) in [6, 6.07) is 16.8. The van der Waals surface area contributed by atoms with Gasteiger partial charge in [0.25, 0.3) is 0 Å². The summed E-state index contributed by atoms with van der Waals surface area (Å²) in [6.45, 7) is 3.11. The molecule has 0 radical (unpaired) electrons. The van der Waals surface area contributed by atoms with Gasteiger partial charge >= 0.3 is 17.9 Å². The van der Waals surface area contributed by atoms with Crippen molar-refractivity contribution < 1.29 is 57.9 Å². The average Bonchev–Trinajstić information content (AvgIpc) is 3.33. The molecule has 2 amide bonds. The van der Waals surface area contributed by atoms with Gasteiger partial charge in [-0.15, -0.1) is 0 Å². The number of hydrogen-bond acceptors (Lipinski definition) is 12. The maximum absolute atomic E-state index is 13.6. The summed E-state index contributed by atoms with van der Waals surface area (Å²) in [6.07, 6.45) is 14.2. The van der Waals surface area contributed by atoms with Crippen LogP contribution in [0.4, 0.5) is 0 Å². The molecule has 14 heteroatoms. The topological polar surface area (TPSA) is 196 Å². The first-order valence-corrected chi connectivity index (χ1v) is 25.4. The van der Waals surface area contributed by atoms with Crippen LogP contribution in [-0.2, 0) is 60.9 Å². The molecule has 1 saturated heterocycles. The van der Waals surface area contributed by atoms with Gasteiger partial charge in [-0.3, -0.25) is 24.0 Å². The molecule has 376 valence electrons. The zero-order chi connectivity index (χ0) is 48.3. The third-order valence-corrected chi connectivity index (χ3v) is 12.0. The fraction of sp³-hybridized carbons (Fsp3) is 0.679. The van der Waals surface area contributed by atoms with Crippen LogP contribution in [0.15, 0.2) is 60.7 Å². The van der Waals surface area contributed by atoms with Gasteiger partial charge in [0, 0.05) is 12.8 Å². The minimum atomic E-state index is -1.64. The van der Waals surface area contributed by atoms with E-state index < -0.39 is 86.6 Å². The number of ether oxygens (including phenoxy) is 5. The Hall–Kier alpha value is -4.37. The van der Waals surface area contributed by atoms with Crippen LogP contribution in [0.25, 0.3) is 0 Å². The summed E-state index contributed by atoms with van der Waals surface area (Å²) in [4.78, 5) is 66.3. The highest BCUT2D eigenvalue weighted by Gasteiger charge is 2.49. The van der Waals surface area contributed by atoms with Gasteiger partial charge in [-0.1, -0.05) is 190 Å². The molecule has 67 heavy (non-hydrogen) atoms. The summed E-state index contributed by atoms with van der Waals surface area (Å²) in [5.41, 5.74) is 1.49. The lowest BCUT2D eigenvalue weighted by Gasteiger charge is -2.44. The Morgan fingerprint density at radius 3 is 1.48 bits per heavy atom. The average molecular weight is 939 g/mol. The first-order valence-electron chi connectivity index (χ1n) is 25.4. The monoisotopic (exact) mass is 939 g/mol. The van der Waals surface area contributed by atoms with Crippen LogP contribution in [0.2, 0.25) is 0 Å². The molecule has 0 aliphatic carbocycles. The number of rotatable bonds is 37. The van der Waals surface area contributed by atoms with E-state index in [0.717, 1.165) is 56.1 Å². The molecular weight excluding hydrogens is 857 g/mol. The molecule has 0 unspecified atom stereocenters. The van der Waals surface area contributed by atoms with Crippen LogP contribution < -0.4 is 10.6 Å². The summed E-state index contributed by atoms with van der Waals surface area (Å²) >= 11 is 0. The highest BCUT2D eigenvalue weighted by atomic mass is 16.7. The van der Waals surface area contributed by atoms with Gasteiger partial charge in [0.1, 0.15) is 38.0 Å². The van der Waals surface area contributed by atoms with E-state index >= 15 is 0 Å². The lowest BCUT2D eigenvalue weighted by Crippen LogP contribution is -2.66. The number of amides is 2. The molecule has 4 N–H and O–H groups in total. The predicted molar refractivity (Wildman–Crippen MR) is 256 cm³/mol. The first-order chi connectivity index (χ1) is 32.6. The van der Waals surface area contributed by atoms with Gasteiger partial charge in [0.15, 0.2) is 12.4 Å². The van der Waals surface area contributed by atoms with Gasteiger partial charge in [0.05, 0.1) is 25.6 Å². The Balaban J connectivity index is 1.72. The summed E-state index contributed by atoms with van der Waals surface area (Å²) in [5.74, 6) is -3.03. The molecule has 5 atom stereocenters.